The molecule has 368 valence electrons. The van der Waals surface area contributed by atoms with Crippen molar-refractivity contribution in [3.05, 3.63) is 117 Å². The summed E-state index contributed by atoms with van der Waals surface area (Å²) < 4.78 is 23.8. The van der Waals surface area contributed by atoms with Crippen LogP contribution in [0.25, 0.3) is 21.7 Å². The smallest absolute Gasteiger partial charge is 0.294 e. The van der Waals surface area contributed by atoms with Crippen LogP contribution in [0.5, 0.6) is 23.0 Å². The third-order valence-electron chi connectivity index (χ3n) is 14.1. The number of halogens is 1. The number of alkyl halides is 1. The lowest BCUT2D eigenvalue weighted by atomic mass is 9.72. The molecule has 0 saturated carbocycles. The van der Waals surface area contributed by atoms with Gasteiger partial charge in [-0.1, -0.05) is 24.3 Å². The van der Waals surface area contributed by atoms with Gasteiger partial charge >= 0.3 is 0 Å². The molecule has 8 N–H and O–H groups in total. The number of hydrogen-bond donors (Lipinski definition) is 8. The van der Waals surface area contributed by atoms with Crippen LogP contribution in [0.1, 0.15) is 103 Å². The van der Waals surface area contributed by atoms with Gasteiger partial charge < -0.3 is 64.8 Å². The second kappa shape index (κ2) is 18.1. The van der Waals surface area contributed by atoms with Crippen LogP contribution in [0.2, 0.25) is 0 Å². The zero-order valence-corrected chi connectivity index (χ0v) is 39.2. The third-order valence-corrected chi connectivity index (χ3v) is 14.5. The van der Waals surface area contributed by atoms with Crippen molar-refractivity contribution < 1.29 is 73.2 Å². The van der Waals surface area contributed by atoms with Crippen LogP contribution in [-0.4, -0.2) is 116 Å². The fourth-order valence-electron chi connectivity index (χ4n) is 10.7. The van der Waals surface area contributed by atoms with Crippen molar-refractivity contribution in [2.24, 2.45) is 0 Å². The monoisotopic (exact) mass is 989 g/mol. The Morgan fingerprint density at radius 1 is 0.944 bits per heavy atom. The van der Waals surface area contributed by atoms with E-state index in [1.165, 1.54) is 43.2 Å². The Labute approximate surface area is 409 Å². The molecule has 5 aromatic carbocycles. The number of benzene rings is 5. The molecule has 1 saturated heterocycles. The summed E-state index contributed by atoms with van der Waals surface area (Å²) in [5, 5.41) is 76.0. The number of nitrogens with one attached hydrogen (secondary N) is 2. The van der Waals surface area contributed by atoms with Crippen LogP contribution in [0, 0.1) is 0 Å². The molecule has 2 aliphatic heterocycles. The van der Waals surface area contributed by atoms with Crippen molar-refractivity contribution in [1.29, 1.82) is 0 Å². The molecule has 2 unspecified atom stereocenters. The molecule has 1 aromatic heterocycles. The Kier molecular flexibility index (Phi) is 12.1. The maximum atomic E-state index is 14.1. The first-order valence-corrected chi connectivity index (χ1v) is 23.4. The van der Waals surface area contributed by atoms with Crippen molar-refractivity contribution >= 4 is 73.9 Å². The summed E-state index contributed by atoms with van der Waals surface area (Å²) in [5.74, 6) is -4.92. The first-order valence-electron chi connectivity index (χ1n) is 22.9. The average molecular weight is 990 g/mol. The molecule has 6 aromatic rings. The van der Waals surface area contributed by atoms with Gasteiger partial charge in [-0.15, -0.1) is 11.6 Å². The summed E-state index contributed by atoms with van der Waals surface area (Å²) in [6.45, 7) is 2.30. The number of aromatic hydroxyl groups is 3. The number of anilines is 2. The Morgan fingerprint density at radius 2 is 1.72 bits per heavy atom. The van der Waals surface area contributed by atoms with Gasteiger partial charge in [0.25, 0.3) is 5.91 Å². The highest BCUT2D eigenvalue weighted by Gasteiger charge is 2.50. The first-order chi connectivity index (χ1) is 33.9. The number of methoxy groups -OCH3 is 1. The minimum absolute atomic E-state index is 0.0328. The quantitative estimate of drug-likeness (QED) is 0.0597. The number of carbonyl (C=O) groups excluding carboxylic acids is 5. The van der Waals surface area contributed by atoms with E-state index < -0.39 is 102 Å². The van der Waals surface area contributed by atoms with Crippen LogP contribution in [-0.2, 0) is 32.0 Å². The van der Waals surface area contributed by atoms with E-state index in [0.29, 0.717) is 33.1 Å². The number of amides is 2. The first kappa shape index (κ1) is 47.8. The van der Waals surface area contributed by atoms with Gasteiger partial charge in [-0.05, 0) is 59.8 Å². The predicted octanol–water partition coefficient (Wildman–Crippen LogP) is 5.38. The summed E-state index contributed by atoms with van der Waals surface area (Å²) in [6, 6.07) is 17.2. The highest BCUT2D eigenvalue weighted by atomic mass is 35.5. The van der Waals surface area contributed by atoms with Gasteiger partial charge in [0.1, 0.15) is 40.8 Å². The molecule has 4 aliphatic rings. The normalized spacial score (nSPS) is 23.6. The molecular weight excluding hydrogens is 942 g/mol. The Morgan fingerprint density at radius 3 is 2.45 bits per heavy atom. The summed E-state index contributed by atoms with van der Waals surface area (Å²) in [4.78, 5) is 68.5. The second-order valence-corrected chi connectivity index (χ2v) is 18.8. The van der Waals surface area contributed by atoms with Gasteiger partial charge in [-0.2, -0.15) is 0 Å². The number of aliphatic hydroxyl groups excluding tert-OH is 2. The van der Waals surface area contributed by atoms with E-state index in [4.69, 9.17) is 30.2 Å². The predicted molar refractivity (Wildman–Crippen MR) is 256 cm³/mol. The maximum Gasteiger partial charge on any atom is 0.294 e. The summed E-state index contributed by atoms with van der Waals surface area (Å²) in [5.41, 5.74) is -1.08. The van der Waals surface area contributed by atoms with Gasteiger partial charge in [0, 0.05) is 96.3 Å². The Bertz CT molecular complexity index is 3260. The number of ether oxygens (including phenoxy) is 3. The van der Waals surface area contributed by atoms with Crippen molar-refractivity contribution in [1.82, 2.24) is 5.32 Å². The summed E-state index contributed by atoms with van der Waals surface area (Å²) in [6.07, 6.45) is -5.83. The Balaban J connectivity index is 0.924. The number of fused-ring (bicyclic) bond motifs is 7. The van der Waals surface area contributed by atoms with E-state index in [1.807, 2.05) is 6.07 Å². The number of hydrogen-bond acceptors (Lipinski definition) is 16. The number of aliphatic hydroxyl groups is 3. The van der Waals surface area contributed by atoms with E-state index in [-0.39, 0.29) is 76.7 Å². The molecule has 2 aliphatic carbocycles. The van der Waals surface area contributed by atoms with Crippen molar-refractivity contribution in [3.63, 3.8) is 0 Å². The molecule has 7 atom stereocenters. The fraction of sp³-hybridized carbons (Fsp3) is 0.327. The lowest BCUT2D eigenvalue weighted by Crippen LogP contribution is -2.54. The van der Waals surface area contributed by atoms with Gasteiger partial charge in [0.05, 0.1) is 47.8 Å². The lowest BCUT2D eigenvalue weighted by molar-refractivity contribution is -0.250. The van der Waals surface area contributed by atoms with Crippen LogP contribution >= 0.6 is 11.6 Å². The molecule has 19 heteroatoms. The molecule has 3 heterocycles. The van der Waals surface area contributed by atoms with E-state index in [2.05, 4.69) is 10.6 Å². The number of phenols is 3. The molecule has 0 spiro atoms. The fourth-order valence-corrected chi connectivity index (χ4v) is 10.9. The molecule has 0 bridgehead atoms. The van der Waals surface area contributed by atoms with Crippen molar-refractivity contribution in [2.45, 2.75) is 81.8 Å². The highest BCUT2D eigenvalue weighted by molar-refractivity contribution is 6.31. The molecule has 0 radical (unpaired) electrons. The number of Topliss-reactive ketones (excluding diaryl/α,β-unsaturated/α-hetero) is 1. The van der Waals surface area contributed by atoms with Crippen molar-refractivity contribution in [2.75, 3.05) is 36.4 Å². The SMILES string of the molecule is COc1cccc2c1C(=O)c1c(O)c3c(c(O)c1C2=O)C[C@@](O)(C(=O)CO)C[C@@H]3OC1C[C@H](NCc2ccc3c(O)cc4c(c3c2)C(CCl)CN4C(=O)c2cc3cc(NC(C)=O)ccc3o2)[C@H](O)[C@H](C)O1. The lowest BCUT2D eigenvalue weighted by Gasteiger charge is -2.43. The standard InChI is InChI=1S/C52H48ClN3O15/c1-22-46(61)32(14-40(69-22)71-38-17-52(67,39(60)21-57)16-31-43(38)50(65)45-44(48(31)63)47(62)29-5-4-6-36(68-3)42(29)49(45)64)54-19-24-7-9-28-30(11-24)41-26(18-53)20-56(33(41)15-34(28)59)51(66)37-13-25-12-27(55-23(2)58)8-10-35(25)70-37/h4-13,15,22,26,32,38,40,46,54,57,59,61,63,65,67H,14,16-21H2,1-3H3,(H,55,58)/t22-,26?,32-,38-,40?,46+,52-/m0/s1. The number of ketones is 3. The number of carbonyl (C=O) groups is 5. The topological polar surface area (TPSA) is 275 Å². The molecule has 2 amide bonds. The van der Waals surface area contributed by atoms with Crippen LogP contribution in [0.4, 0.5) is 11.4 Å². The number of nitrogens with zero attached hydrogens (tertiary/aromatic N) is 1. The van der Waals surface area contributed by atoms with Gasteiger partial charge in [-0.25, -0.2) is 0 Å². The van der Waals surface area contributed by atoms with E-state index in [9.17, 15) is 54.6 Å². The van der Waals surface area contributed by atoms with Crippen LogP contribution < -0.4 is 20.3 Å². The molecule has 10 rings (SSSR count). The molecule has 1 fully saturated rings. The minimum atomic E-state index is -2.35. The zero-order chi connectivity index (χ0) is 50.4. The van der Waals surface area contributed by atoms with E-state index in [1.54, 1.807) is 43.3 Å². The van der Waals surface area contributed by atoms with E-state index >= 15 is 0 Å². The zero-order valence-electron chi connectivity index (χ0n) is 38.4. The van der Waals surface area contributed by atoms with Crippen LogP contribution in [0.15, 0.2) is 71.1 Å². The summed E-state index contributed by atoms with van der Waals surface area (Å²) >= 11 is 6.56. The molecular formula is C52H48ClN3O15. The number of phenolic OH excluding ortho intramolecular Hbond substituents is 3. The largest absolute Gasteiger partial charge is 0.507 e. The highest BCUT2D eigenvalue weighted by Crippen LogP contribution is 2.53. The van der Waals surface area contributed by atoms with Gasteiger partial charge in [0.2, 0.25) is 11.7 Å². The maximum absolute atomic E-state index is 14.1. The van der Waals surface area contributed by atoms with Gasteiger partial charge in [0.15, 0.2) is 23.6 Å². The second-order valence-electron chi connectivity index (χ2n) is 18.5. The molecule has 18 nitrogen and oxygen atoms in total. The van der Waals surface area contributed by atoms with Gasteiger partial charge in [-0.3, -0.25) is 24.0 Å². The molecule has 71 heavy (non-hydrogen) atoms. The van der Waals surface area contributed by atoms with Crippen LogP contribution in [0.3, 0.4) is 0 Å². The number of rotatable bonds is 11. The summed E-state index contributed by atoms with van der Waals surface area (Å²) in [7, 11) is 1.31. The minimum Gasteiger partial charge on any atom is -0.507 e. The van der Waals surface area contributed by atoms with Crippen molar-refractivity contribution in [3.8, 4) is 23.0 Å². The number of furan rings is 1. The third kappa shape index (κ3) is 7.95. The Hall–Kier alpha value is -6.90. The van der Waals surface area contributed by atoms with E-state index in [0.717, 1.165) is 11.1 Å². The average Bonchev–Trinajstić information content (AvgIpc) is 3.95.